The number of hydrogen-bond acceptors (Lipinski definition) is 5. The van der Waals surface area contributed by atoms with Gasteiger partial charge in [-0.1, -0.05) is 54.7 Å². The highest BCUT2D eigenvalue weighted by molar-refractivity contribution is 8.26. The van der Waals surface area contributed by atoms with Crippen molar-refractivity contribution in [3.05, 3.63) is 64.6 Å². The summed E-state index contributed by atoms with van der Waals surface area (Å²) in [6.07, 6.45) is 4.67. The monoisotopic (exact) mass is 440 g/mol. The molecule has 1 heterocycles. The first kappa shape index (κ1) is 22.1. The van der Waals surface area contributed by atoms with E-state index in [-0.39, 0.29) is 17.6 Å². The SMILES string of the molecule is Cc1ccccc1/C=C1\SC(=S)N(CCCCCC(=O)Nc2ccc(O)cc2)C1=O. The van der Waals surface area contributed by atoms with Crippen molar-refractivity contribution in [2.24, 2.45) is 0 Å². The Morgan fingerprint density at radius 2 is 1.87 bits per heavy atom. The van der Waals surface area contributed by atoms with E-state index in [2.05, 4.69) is 5.32 Å². The van der Waals surface area contributed by atoms with Gasteiger partial charge in [-0.15, -0.1) is 0 Å². The molecule has 1 saturated heterocycles. The molecular weight excluding hydrogens is 416 g/mol. The molecule has 1 aliphatic heterocycles. The largest absolute Gasteiger partial charge is 0.508 e. The number of benzene rings is 2. The molecule has 30 heavy (non-hydrogen) atoms. The molecule has 5 nitrogen and oxygen atoms in total. The number of nitrogens with zero attached hydrogens (tertiary/aromatic N) is 1. The first-order chi connectivity index (χ1) is 14.4. The van der Waals surface area contributed by atoms with Gasteiger partial charge in [0.05, 0.1) is 4.91 Å². The third-order valence-electron chi connectivity index (χ3n) is 4.79. The van der Waals surface area contributed by atoms with Crippen molar-refractivity contribution in [2.45, 2.75) is 32.6 Å². The average molecular weight is 441 g/mol. The summed E-state index contributed by atoms with van der Waals surface area (Å²) < 4.78 is 0.588. The molecule has 2 aromatic carbocycles. The summed E-state index contributed by atoms with van der Waals surface area (Å²) in [5, 5.41) is 12.1. The highest BCUT2D eigenvalue weighted by Gasteiger charge is 2.31. The number of phenols is 1. The van der Waals surface area contributed by atoms with Gasteiger partial charge >= 0.3 is 0 Å². The minimum absolute atomic E-state index is 0.0432. The van der Waals surface area contributed by atoms with Gasteiger partial charge in [-0.2, -0.15) is 0 Å². The minimum Gasteiger partial charge on any atom is -0.508 e. The Balaban J connectivity index is 1.42. The maximum Gasteiger partial charge on any atom is 0.266 e. The van der Waals surface area contributed by atoms with Gasteiger partial charge < -0.3 is 10.4 Å². The summed E-state index contributed by atoms with van der Waals surface area (Å²) in [7, 11) is 0. The fraction of sp³-hybridized carbons (Fsp3) is 0.261. The van der Waals surface area contributed by atoms with E-state index in [1.165, 1.54) is 23.9 Å². The summed E-state index contributed by atoms with van der Waals surface area (Å²) in [6.45, 7) is 2.58. The molecule has 2 amide bonds. The Bertz CT molecular complexity index is 971. The summed E-state index contributed by atoms with van der Waals surface area (Å²) in [6, 6.07) is 14.3. The quantitative estimate of drug-likeness (QED) is 0.259. The molecule has 7 heteroatoms. The van der Waals surface area contributed by atoms with Crippen LogP contribution >= 0.6 is 24.0 Å². The lowest BCUT2D eigenvalue weighted by Crippen LogP contribution is -2.29. The van der Waals surface area contributed by atoms with Crippen molar-refractivity contribution in [1.29, 1.82) is 0 Å². The third-order valence-corrected chi connectivity index (χ3v) is 6.16. The van der Waals surface area contributed by atoms with E-state index in [1.807, 2.05) is 37.3 Å². The van der Waals surface area contributed by atoms with Crippen LogP contribution in [0.4, 0.5) is 5.69 Å². The zero-order valence-electron chi connectivity index (χ0n) is 16.8. The number of thioether (sulfide) groups is 1. The molecule has 0 aromatic heterocycles. The molecule has 0 radical (unpaired) electrons. The molecule has 0 atom stereocenters. The van der Waals surface area contributed by atoms with Crippen molar-refractivity contribution in [3.63, 3.8) is 0 Å². The normalized spacial score (nSPS) is 15.1. The molecule has 1 aliphatic rings. The molecule has 0 saturated carbocycles. The standard InChI is InChI=1S/C23H24N2O3S2/c1-16-7-4-5-8-17(16)15-20-22(28)25(23(29)30-20)14-6-2-3-9-21(27)24-18-10-12-19(26)13-11-18/h4-5,7-8,10-13,15,26H,2-3,6,9,14H2,1H3,(H,24,27)/b20-15-. The average Bonchev–Trinajstić information content (AvgIpc) is 2.98. The van der Waals surface area contributed by atoms with Gasteiger partial charge in [-0.25, -0.2) is 0 Å². The van der Waals surface area contributed by atoms with Crippen molar-refractivity contribution >= 4 is 51.9 Å². The number of nitrogens with one attached hydrogen (secondary N) is 1. The lowest BCUT2D eigenvalue weighted by Gasteiger charge is -2.14. The van der Waals surface area contributed by atoms with Crippen LogP contribution in [0.15, 0.2) is 53.4 Å². The van der Waals surface area contributed by atoms with Crippen LogP contribution in [-0.4, -0.2) is 32.7 Å². The number of carbonyl (C=O) groups is 2. The number of amides is 2. The highest BCUT2D eigenvalue weighted by atomic mass is 32.2. The fourth-order valence-corrected chi connectivity index (χ4v) is 4.38. The number of aryl methyl sites for hydroxylation is 1. The van der Waals surface area contributed by atoms with E-state index in [9.17, 15) is 14.7 Å². The first-order valence-corrected chi connectivity index (χ1v) is 11.1. The summed E-state index contributed by atoms with van der Waals surface area (Å²) in [4.78, 5) is 27.0. The molecule has 0 unspecified atom stereocenters. The van der Waals surface area contributed by atoms with E-state index < -0.39 is 0 Å². The molecule has 0 spiro atoms. The Morgan fingerprint density at radius 3 is 2.60 bits per heavy atom. The van der Waals surface area contributed by atoms with Crippen molar-refractivity contribution in [2.75, 3.05) is 11.9 Å². The fourth-order valence-electron chi connectivity index (χ4n) is 3.08. The molecule has 2 aromatic rings. The number of unbranched alkanes of at least 4 members (excludes halogenated alkanes) is 2. The van der Waals surface area contributed by atoms with Crippen LogP contribution in [0.3, 0.4) is 0 Å². The van der Waals surface area contributed by atoms with Gasteiger partial charge in [0.2, 0.25) is 5.91 Å². The number of aromatic hydroxyl groups is 1. The number of hydrogen-bond donors (Lipinski definition) is 2. The van der Waals surface area contributed by atoms with Crippen molar-refractivity contribution in [1.82, 2.24) is 4.90 Å². The van der Waals surface area contributed by atoms with E-state index in [0.29, 0.717) is 27.9 Å². The molecular formula is C23H24N2O3S2. The van der Waals surface area contributed by atoms with Crippen LogP contribution < -0.4 is 5.32 Å². The summed E-state index contributed by atoms with van der Waals surface area (Å²) in [5.41, 5.74) is 2.81. The number of phenolic OH excluding ortho intramolecular Hbond substituents is 1. The maximum atomic E-state index is 12.7. The van der Waals surface area contributed by atoms with E-state index in [4.69, 9.17) is 12.2 Å². The minimum atomic E-state index is -0.0625. The van der Waals surface area contributed by atoms with Gasteiger partial charge in [-0.3, -0.25) is 14.5 Å². The lowest BCUT2D eigenvalue weighted by molar-refractivity contribution is -0.122. The summed E-state index contributed by atoms with van der Waals surface area (Å²) >= 11 is 6.73. The van der Waals surface area contributed by atoms with Crippen LogP contribution in [-0.2, 0) is 9.59 Å². The van der Waals surface area contributed by atoms with Crippen LogP contribution in [0.1, 0.15) is 36.8 Å². The third kappa shape index (κ3) is 5.93. The van der Waals surface area contributed by atoms with Gasteiger partial charge in [0, 0.05) is 18.7 Å². The number of thiocarbonyl (C=S) groups is 1. The maximum absolute atomic E-state index is 12.7. The number of rotatable bonds is 8. The molecule has 3 rings (SSSR count). The second kappa shape index (κ2) is 10.4. The van der Waals surface area contributed by atoms with Gasteiger partial charge in [0.25, 0.3) is 5.91 Å². The van der Waals surface area contributed by atoms with E-state index in [1.54, 1.807) is 17.0 Å². The zero-order chi connectivity index (χ0) is 21.5. The van der Waals surface area contributed by atoms with Crippen molar-refractivity contribution < 1.29 is 14.7 Å². The predicted octanol–water partition coefficient (Wildman–Crippen LogP) is 5.10. The molecule has 0 bridgehead atoms. The van der Waals surface area contributed by atoms with E-state index >= 15 is 0 Å². The lowest BCUT2D eigenvalue weighted by atomic mass is 10.1. The van der Waals surface area contributed by atoms with Crippen LogP contribution in [0.2, 0.25) is 0 Å². The van der Waals surface area contributed by atoms with Gasteiger partial charge in [0.1, 0.15) is 10.1 Å². The van der Waals surface area contributed by atoms with Crippen molar-refractivity contribution in [3.8, 4) is 5.75 Å². The topological polar surface area (TPSA) is 69.6 Å². The van der Waals surface area contributed by atoms with Crippen LogP contribution in [0.5, 0.6) is 5.75 Å². The summed E-state index contributed by atoms with van der Waals surface area (Å²) in [5.74, 6) is 0.0585. The Labute approximate surface area is 186 Å². The smallest absolute Gasteiger partial charge is 0.266 e. The first-order valence-electron chi connectivity index (χ1n) is 9.84. The molecule has 2 N–H and O–H groups in total. The molecule has 1 fully saturated rings. The number of anilines is 1. The zero-order valence-corrected chi connectivity index (χ0v) is 18.4. The number of carbonyl (C=O) groups excluding carboxylic acids is 2. The van der Waals surface area contributed by atoms with Crippen LogP contribution in [0.25, 0.3) is 6.08 Å². The highest BCUT2D eigenvalue weighted by Crippen LogP contribution is 2.33. The van der Waals surface area contributed by atoms with E-state index in [0.717, 1.165) is 30.4 Å². The Morgan fingerprint density at radius 1 is 1.13 bits per heavy atom. The molecule has 0 aliphatic carbocycles. The van der Waals surface area contributed by atoms with Crippen LogP contribution in [0, 0.1) is 6.92 Å². The Hall–Kier alpha value is -2.64. The van der Waals surface area contributed by atoms with Gasteiger partial charge in [0.15, 0.2) is 0 Å². The second-order valence-electron chi connectivity index (χ2n) is 7.10. The predicted molar refractivity (Wildman–Crippen MR) is 126 cm³/mol. The second-order valence-corrected chi connectivity index (χ2v) is 8.77. The van der Waals surface area contributed by atoms with Gasteiger partial charge in [-0.05, 0) is 61.2 Å². The molecule has 156 valence electrons. The Kier molecular flexibility index (Phi) is 7.65.